The maximum absolute atomic E-state index is 13.0. The smallest absolute Gasteiger partial charge is 0.255 e. The molecule has 8 heteroatoms. The largest absolute Gasteiger partial charge is 0.428 e. The fourth-order valence-electron chi connectivity index (χ4n) is 5.26. The van der Waals surface area contributed by atoms with E-state index in [2.05, 4.69) is 10.6 Å². The highest BCUT2D eigenvalue weighted by Gasteiger charge is 2.25. The van der Waals surface area contributed by atoms with Crippen LogP contribution in [-0.4, -0.2) is 39.3 Å². The minimum Gasteiger partial charge on any atom is -0.428 e. The number of hydrogen-bond acceptors (Lipinski definition) is 5. The Morgan fingerprint density at radius 3 is 2.59 bits per heavy atom. The highest BCUT2D eigenvalue weighted by atomic mass is 16.5. The highest BCUT2D eigenvalue weighted by molar-refractivity contribution is 6.01. The maximum atomic E-state index is 13.0. The summed E-state index contributed by atoms with van der Waals surface area (Å²) in [4.78, 5) is 35.4. The van der Waals surface area contributed by atoms with Crippen molar-refractivity contribution in [2.45, 2.75) is 25.3 Å². The van der Waals surface area contributed by atoms with Gasteiger partial charge in [-0.05, 0) is 72.5 Å². The summed E-state index contributed by atoms with van der Waals surface area (Å²) in [6, 6.07) is 26.9. The molecule has 3 aromatic rings. The van der Waals surface area contributed by atoms with Gasteiger partial charge in [0.25, 0.3) is 11.8 Å². The van der Waals surface area contributed by atoms with Crippen LogP contribution in [0.5, 0.6) is 0 Å². The Hall–Kier alpha value is -5.24. The molecule has 2 aromatic carbocycles. The van der Waals surface area contributed by atoms with Crippen molar-refractivity contribution in [2.75, 3.05) is 6.54 Å². The van der Waals surface area contributed by atoms with Crippen LogP contribution in [-0.2, 0) is 6.42 Å². The molecule has 3 heterocycles. The number of benzene rings is 3. The lowest BCUT2D eigenvalue weighted by Crippen LogP contribution is -2.32. The molecule has 0 unspecified atom stereocenters. The number of nitrogens with one attached hydrogen (secondary N) is 2. The first-order valence-corrected chi connectivity index (χ1v) is 13.7. The number of carbonyl (C=O) groups is 2. The second-order valence-corrected chi connectivity index (χ2v) is 10.4. The Balaban J connectivity index is 1.32. The van der Waals surface area contributed by atoms with Crippen LogP contribution >= 0.6 is 0 Å². The van der Waals surface area contributed by atoms with Crippen LogP contribution < -0.4 is 16.0 Å². The Bertz CT molecular complexity index is 1870. The van der Waals surface area contributed by atoms with E-state index < -0.39 is 0 Å². The molecule has 4 aliphatic rings. The summed E-state index contributed by atoms with van der Waals surface area (Å²) in [7, 11) is 0. The van der Waals surface area contributed by atoms with Gasteiger partial charge in [-0.25, -0.2) is 4.99 Å². The lowest BCUT2D eigenvalue weighted by molar-refractivity contribution is 0.0939. The fourth-order valence-corrected chi connectivity index (χ4v) is 5.26. The molecule has 2 aliphatic heterocycles. The van der Waals surface area contributed by atoms with E-state index in [4.69, 9.17) is 9.98 Å². The number of nitrogens with zero attached hydrogens (tertiary/aromatic N) is 3. The van der Waals surface area contributed by atoms with E-state index >= 15 is 0 Å². The molecule has 0 bridgehead atoms. The number of aromatic nitrogens is 2. The van der Waals surface area contributed by atoms with Crippen molar-refractivity contribution < 1.29 is 14.8 Å². The van der Waals surface area contributed by atoms with Crippen LogP contribution in [0.3, 0.4) is 0 Å². The van der Waals surface area contributed by atoms with E-state index in [9.17, 15) is 14.8 Å². The van der Waals surface area contributed by atoms with Crippen molar-refractivity contribution in [1.82, 2.24) is 20.3 Å². The minimum atomic E-state index is -0.198. The average molecular weight is 542 g/mol. The van der Waals surface area contributed by atoms with Gasteiger partial charge in [0, 0.05) is 41.9 Å². The van der Waals surface area contributed by atoms with Crippen molar-refractivity contribution in [2.24, 2.45) is 4.99 Å². The summed E-state index contributed by atoms with van der Waals surface area (Å²) in [6.07, 6.45) is 4.24. The Labute approximate surface area is 236 Å². The molecule has 2 amide bonds. The molecule has 0 spiro atoms. The molecule has 1 fully saturated rings. The molecule has 202 valence electrons. The van der Waals surface area contributed by atoms with Gasteiger partial charge in [-0.1, -0.05) is 36.4 Å². The number of fused-ring (bicyclic) bond motifs is 2. The quantitative estimate of drug-likeness (QED) is 0.273. The summed E-state index contributed by atoms with van der Waals surface area (Å²) < 4.78 is 1.06. The minimum absolute atomic E-state index is 0.0495. The van der Waals surface area contributed by atoms with E-state index in [-0.39, 0.29) is 11.8 Å². The Kier molecular flexibility index (Phi) is 6.08. The Morgan fingerprint density at radius 2 is 1.73 bits per heavy atom. The molecule has 41 heavy (non-hydrogen) atoms. The van der Waals surface area contributed by atoms with Crippen molar-refractivity contribution in [3.8, 4) is 33.6 Å². The summed E-state index contributed by atoms with van der Waals surface area (Å²) in [5, 5.41) is 16.9. The molecule has 0 saturated heterocycles. The third-order valence-electron chi connectivity index (χ3n) is 7.51. The van der Waals surface area contributed by atoms with E-state index in [0.29, 0.717) is 58.3 Å². The monoisotopic (exact) mass is 541 g/mol. The van der Waals surface area contributed by atoms with Gasteiger partial charge in [-0.15, -0.1) is 0 Å². The van der Waals surface area contributed by atoms with Gasteiger partial charge < -0.3 is 15.8 Å². The summed E-state index contributed by atoms with van der Waals surface area (Å²) >= 11 is 0. The van der Waals surface area contributed by atoms with Crippen molar-refractivity contribution >= 4 is 17.5 Å². The van der Waals surface area contributed by atoms with Crippen LogP contribution in [0.15, 0.2) is 96.1 Å². The predicted octanol–water partition coefficient (Wildman–Crippen LogP) is 4.97. The van der Waals surface area contributed by atoms with Crippen LogP contribution in [0.4, 0.5) is 5.69 Å². The van der Waals surface area contributed by atoms with Crippen LogP contribution in [0, 0.1) is 0 Å². The molecule has 1 saturated carbocycles. The Morgan fingerprint density at radius 1 is 0.951 bits per heavy atom. The molecule has 8 nitrogen and oxygen atoms in total. The average Bonchev–Trinajstić information content (AvgIpc) is 3.82. The first-order chi connectivity index (χ1) is 20.0. The van der Waals surface area contributed by atoms with Gasteiger partial charge >= 0.3 is 0 Å². The summed E-state index contributed by atoms with van der Waals surface area (Å²) in [6.45, 7) is 0.510. The van der Waals surface area contributed by atoms with E-state index in [0.717, 1.165) is 39.8 Å². The lowest BCUT2D eigenvalue weighted by atomic mass is 9.97. The molecule has 2 aliphatic carbocycles. The van der Waals surface area contributed by atoms with Gasteiger partial charge in [0.2, 0.25) is 0 Å². The fraction of sp³-hybridized carbons (Fsp3) is 0.152. The maximum Gasteiger partial charge on any atom is 0.255 e. The second kappa shape index (κ2) is 10.1. The van der Waals surface area contributed by atoms with Crippen molar-refractivity contribution in [1.29, 1.82) is 0 Å². The molecule has 0 atom stereocenters. The van der Waals surface area contributed by atoms with Gasteiger partial charge in [0.1, 0.15) is 0 Å². The molecule has 1 aromatic heterocycles. The van der Waals surface area contributed by atoms with Crippen LogP contribution in [0.1, 0.15) is 39.3 Å². The molecule has 0 radical (unpaired) electrons. The van der Waals surface area contributed by atoms with Crippen LogP contribution in [0.2, 0.25) is 0 Å². The summed E-state index contributed by atoms with van der Waals surface area (Å²) in [5.41, 5.74) is 7.18. The highest BCUT2D eigenvalue weighted by Crippen LogP contribution is 2.32. The first kappa shape index (κ1) is 24.8. The number of rotatable bonds is 5. The zero-order valence-corrected chi connectivity index (χ0v) is 22.2. The third kappa shape index (κ3) is 4.84. The van der Waals surface area contributed by atoms with Crippen molar-refractivity contribution in [3.05, 3.63) is 113 Å². The normalized spacial score (nSPS) is 14.9. The second-order valence-electron chi connectivity index (χ2n) is 10.4. The number of hydrogen-bond donors (Lipinski definition) is 3. The number of carbonyl (C=O) groups excluding carboxylic acids is 2. The predicted molar refractivity (Wildman–Crippen MR) is 155 cm³/mol. The van der Waals surface area contributed by atoms with Gasteiger partial charge in [-0.2, -0.15) is 4.73 Å². The van der Waals surface area contributed by atoms with E-state index in [1.54, 1.807) is 12.3 Å². The molecular weight excluding hydrogens is 514 g/mol. The first-order valence-electron chi connectivity index (χ1n) is 13.7. The standard InChI is InChI=1S/C33H27N5O3/c39-32(35-24-12-13-24)23-8-2-6-21(18-23)20-5-1-7-22(17-20)28-19-29(31-27(37-28)14-15-34-33(31)40)36-26-10-3-11-30-25(26)9-4-16-38(30)41/h1-11,16-19,24,41H,12-15H2,(H,34,40)(H,35,39). The third-order valence-corrected chi connectivity index (χ3v) is 7.51. The van der Waals surface area contributed by atoms with E-state index in [1.165, 1.54) is 0 Å². The topological polar surface area (TPSA) is 109 Å². The number of pyridine rings is 2. The van der Waals surface area contributed by atoms with Gasteiger partial charge in [0.05, 0.1) is 33.7 Å². The zero-order valence-electron chi connectivity index (χ0n) is 22.2. The summed E-state index contributed by atoms with van der Waals surface area (Å²) in [5.74, 6) is -0.247. The van der Waals surface area contributed by atoms with Gasteiger partial charge in [0.15, 0.2) is 0 Å². The molecular formula is C33H27N5O3. The van der Waals surface area contributed by atoms with Crippen LogP contribution in [0.25, 0.3) is 33.6 Å². The number of amides is 2. The van der Waals surface area contributed by atoms with Gasteiger partial charge in [-0.3, -0.25) is 14.6 Å². The lowest BCUT2D eigenvalue weighted by Gasteiger charge is -2.19. The molecule has 3 N–H and O–H groups in total. The van der Waals surface area contributed by atoms with E-state index in [1.807, 2.05) is 78.9 Å². The van der Waals surface area contributed by atoms with Crippen molar-refractivity contribution in [3.63, 3.8) is 0 Å². The SMILES string of the molecule is O=C(NC1CC1)c1cccc(-c2cccc(-c3cc(N=c4cccc5n(O)cccc4-5)c4c(n3)CCNC4=O)c2)c1. The zero-order chi connectivity index (χ0) is 27.9. The molecule has 7 rings (SSSR count).